The average molecular weight is 440 g/mol. The first-order chi connectivity index (χ1) is 15.3. The summed E-state index contributed by atoms with van der Waals surface area (Å²) in [6, 6.07) is 9.80. The van der Waals surface area contributed by atoms with Gasteiger partial charge in [0.2, 0.25) is 11.8 Å². The molecule has 0 saturated carbocycles. The molecule has 1 N–H and O–H groups in total. The molecule has 0 aliphatic carbocycles. The number of benzene rings is 2. The van der Waals surface area contributed by atoms with Gasteiger partial charge in [-0.3, -0.25) is 19.7 Å². The molecule has 166 valence electrons. The lowest BCUT2D eigenvalue weighted by Crippen LogP contribution is -2.54. The maximum absolute atomic E-state index is 13.6. The highest BCUT2D eigenvalue weighted by Crippen LogP contribution is 2.50. The Balaban J connectivity index is 1.58. The van der Waals surface area contributed by atoms with Crippen molar-refractivity contribution in [1.82, 2.24) is 5.32 Å². The van der Waals surface area contributed by atoms with Gasteiger partial charge in [0, 0.05) is 12.1 Å². The van der Waals surface area contributed by atoms with Crippen LogP contribution >= 0.6 is 0 Å². The number of hydrogen-bond donors (Lipinski definition) is 1. The van der Waals surface area contributed by atoms with E-state index in [1.165, 1.54) is 31.4 Å². The number of esters is 1. The fraction of sp³-hybridized carbons (Fsp3) is 0.348. The molecule has 4 atom stereocenters. The van der Waals surface area contributed by atoms with Crippen LogP contribution < -0.4 is 19.7 Å². The number of methoxy groups -OCH3 is 1. The number of ether oxygens (including phenoxy) is 3. The topological polar surface area (TPSA) is 94.2 Å². The molecule has 3 aliphatic heterocycles. The third-order valence-corrected chi connectivity index (χ3v) is 6.41. The van der Waals surface area contributed by atoms with E-state index < -0.39 is 47.0 Å². The van der Waals surface area contributed by atoms with E-state index in [0.717, 1.165) is 4.90 Å². The second-order valence-electron chi connectivity index (χ2n) is 8.21. The molecule has 2 aromatic carbocycles. The number of halogens is 1. The zero-order valence-corrected chi connectivity index (χ0v) is 17.5. The molecule has 2 aromatic rings. The summed E-state index contributed by atoms with van der Waals surface area (Å²) in [6.07, 6.45) is 0. The summed E-state index contributed by atoms with van der Waals surface area (Å²) >= 11 is 0. The van der Waals surface area contributed by atoms with Crippen LogP contribution in [-0.4, -0.2) is 43.6 Å². The predicted octanol–water partition coefficient (Wildman–Crippen LogP) is 1.98. The van der Waals surface area contributed by atoms with Crippen molar-refractivity contribution in [2.75, 3.05) is 25.2 Å². The molecule has 9 heteroatoms. The Morgan fingerprint density at radius 3 is 2.47 bits per heavy atom. The van der Waals surface area contributed by atoms with E-state index in [9.17, 15) is 18.8 Å². The summed E-state index contributed by atoms with van der Waals surface area (Å²) in [5.41, 5.74) is -0.503. The van der Waals surface area contributed by atoms with Crippen LogP contribution in [0.15, 0.2) is 42.5 Å². The number of nitrogens with zero attached hydrogens (tertiary/aromatic N) is 1. The smallest absolute Gasteiger partial charge is 0.326 e. The second kappa shape index (κ2) is 7.30. The lowest BCUT2D eigenvalue weighted by Gasteiger charge is -2.29. The summed E-state index contributed by atoms with van der Waals surface area (Å²) < 4.78 is 29.6. The number of nitrogens with one attached hydrogen (secondary N) is 1. The van der Waals surface area contributed by atoms with E-state index in [1.807, 2.05) is 0 Å². The molecule has 2 amide bonds. The molecule has 0 radical (unpaired) electrons. The molecule has 0 bridgehead atoms. The first-order valence-corrected chi connectivity index (χ1v) is 10.2. The zero-order chi connectivity index (χ0) is 22.6. The van der Waals surface area contributed by atoms with Gasteiger partial charge in [0.15, 0.2) is 11.5 Å². The monoisotopic (exact) mass is 440 g/mol. The summed E-state index contributed by atoms with van der Waals surface area (Å²) in [5, 5.41) is 3.13. The van der Waals surface area contributed by atoms with Gasteiger partial charge in [-0.2, -0.15) is 0 Å². The van der Waals surface area contributed by atoms with E-state index >= 15 is 0 Å². The van der Waals surface area contributed by atoms with Crippen molar-refractivity contribution in [2.45, 2.75) is 18.5 Å². The normalized spacial score (nSPS) is 28.6. The summed E-state index contributed by atoms with van der Waals surface area (Å²) in [5.74, 6) is -2.93. The first kappa shape index (κ1) is 20.4. The number of hydrogen-bond acceptors (Lipinski definition) is 7. The van der Waals surface area contributed by atoms with E-state index in [1.54, 1.807) is 25.1 Å². The minimum Gasteiger partial charge on any atom is -0.486 e. The molecule has 3 aliphatic rings. The molecule has 0 unspecified atom stereocenters. The van der Waals surface area contributed by atoms with Crippen molar-refractivity contribution < 1.29 is 33.0 Å². The number of carbonyl (C=O) groups is 3. The fourth-order valence-corrected chi connectivity index (χ4v) is 4.92. The molecule has 3 heterocycles. The predicted molar refractivity (Wildman–Crippen MR) is 110 cm³/mol. The van der Waals surface area contributed by atoms with Gasteiger partial charge in [-0.1, -0.05) is 12.1 Å². The standard InChI is InChI=1S/C23H21FN2O6/c1-23(22(29)30-2)18-17(19(25-23)12-3-5-13(24)6-4-12)20(27)26(21(18)28)14-7-8-15-16(11-14)32-10-9-31-15/h3-8,11,17-19,25H,9-10H2,1-2H3/t17-,18+,19-,23-/m1/s1. The zero-order valence-electron chi connectivity index (χ0n) is 17.5. The number of fused-ring (bicyclic) bond motifs is 2. The molecular formula is C23H21FN2O6. The van der Waals surface area contributed by atoms with Crippen LogP contribution in [0, 0.1) is 17.7 Å². The van der Waals surface area contributed by atoms with Crippen molar-refractivity contribution in [3.05, 3.63) is 53.8 Å². The maximum atomic E-state index is 13.6. The number of rotatable bonds is 3. The summed E-state index contributed by atoms with van der Waals surface area (Å²) in [7, 11) is 1.23. The van der Waals surface area contributed by atoms with E-state index in [2.05, 4.69) is 5.32 Å². The lowest BCUT2D eigenvalue weighted by atomic mass is 9.80. The molecule has 8 nitrogen and oxygen atoms in total. The van der Waals surface area contributed by atoms with Crippen LogP contribution in [0.25, 0.3) is 0 Å². The van der Waals surface area contributed by atoms with Crippen molar-refractivity contribution in [2.24, 2.45) is 11.8 Å². The molecule has 2 saturated heterocycles. The van der Waals surface area contributed by atoms with Crippen LogP contribution in [0.3, 0.4) is 0 Å². The number of carbonyl (C=O) groups excluding carboxylic acids is 3. The molecule has 32 heavy (non-hydrogen) atoms. The fourth-order valence-electron chi connectivity index (χ4n) is 4.92. The lowest BCUT2D eigenvalue weighted by molar-refractivity contribution is -0.151. The Labute approximate surface area is 183 Å². The number of imide groups is 1. The maximum Gasteiger partial charge on any atom is 0.326 e. The first-order valence-electron chi connectivity index (χ1n) is 10.2. The van der Waals surface area contributed by atoms with Crippen LogP contribution in [0.1, 0.15) is 18.5 Å². The van der Waals surface area contributed by atoms with Crippen LogP contribution in [0.2, 0.25) is 0 Å². The SMILES string of the molecule is COC(=O)[C@]1(C)N[C@H](c2ccc(F)cc2)[C@@H]2C(=O)N(c3ccc4c(c3)OCCO4)C(=O)[C@H]21. The van der Waals surface area contributed by atoms with Crippen molar-refractivity contribution in [3.8, 4) is 11.5 Å². The van der Waals surface area contributed by atoms with Crippen LogP contribution in [0.4, 0.5) is 10.1 Å². The van der Waals surface area contributed by atoms with Crippen LogP contribution in [-0.2, 0) is 19.1 Å². The highest BCUT2D eigenvalue weighted by atomic mass is 19.1. The van der Waals surface area contributed by atoms with Gasteiger partial charge in [-0.05, 0) is 36.8 Å². The van der Waals surface area contributed by atoms with E-state index in [-0.39, 0.29) is 0 Å². The Kier molecular flexibility index (Phi) is 4.67. The minimum absolute atomic E-state index is 0.337. The quantitative estimate of drug-likeness (QED) is 0.576. The highest BCUT2D eigenvalue weighted by molar-refractivity contribution is 6.24. The van der Waals surface area contributed by atoms with Gasteiger partial charge in [0.25, 0.3) is 0 Å². The third kappa shape index (κ3) is 2.88. The number of anilines is 1. The van der Waals surface area contributed by atoms with Gasteiger partial charge < -0.3 is 14.2 Å². The summed E-state index contributed by atoms with van der Waals surface area (Å²) in [6.45, 7) is 2.33. The number of amides is 2. The van der Waals surface area contributed by atoms with E-state index in [0.29, 0.717) is 36.0 Å². The average Bonchev–Trinajstić information content (AvgIpc) is 3.26. The molecule has 5 rings (SSSR count). The van der Waals surface area contributed by atoms with E-state index in [4.69, 9.17) is 14.2 Å². The van der Waals surface area contributed by atoms with Gasteiger partial charge in [0.1, 0.15) is 24.6 Å². The van der Waals surface area contributed by atoms with Gasteiger partial charge >= 0.3 is 5.97 Å². The Hall–Kier alpha value is -3.46. The van der Waals surface area contributed by atoms with Crippen LogP contribution in [0.5, 0.6) is 11.5 Å². The second-order valence-corrected chi connectivity index (χ2v) is 8.21. The van der Waals surface area contributed by atoms with Gasteiger partial charge in [-0.15, -0.1) is 0 Å². The van der Waals surface area contributed by atoms with Gasteiger partial charge in [0.05, 0.1) is 24.6 Å². The molecule has 0 aromatic heterocycles. The third-order valence-electron chi connectivity index (χ3n) is 6.41. The minimum atomic E-state index is -1.44. The Morgan fingerprint density at radius 1 is 1.09 bits per heavy atom. The van der Waals surface area contributed by atoms with Crippen molar-refractivity contribution in [3.63, 3.8) is 0 Å². The van der Waals surface area contributed by atoms with Crippen molar-refractivity contribution >= 4 is 23.5 Å². The Morgan fingerprint density at radius 2 is 1.78 bits per heavy atom. The summed E-state index contributed by atoms with van der Waals surface area (Å²) in [4.78, 5) is 41.0. The molecule has 0 spiro atoms. The molecule has 2 fully saturated rings. The van der Waals surface area contributed by atoms with Crippen molar-refractivity contribution in [1.29, 1.82) is 0 Å². The largest absolute Gasteiger partial charge is 0.486 e. The van der Waals surface area contributed by atoms with Gasteiger partial charge in [-0.25, -0.2) is 9.29 Å². The highest BCUT2D eigenvalue weighted by Gasteiger charge is 2.67. The molecular weight excluding hydrogens is 419 g/mol. The Bertz CT molecular complexity index is 1120.